The van der Waals surface area contributed by atoms with Crippen molar-refractivity contribution in [2.75, 3.05) is 5.33 Å². The van der Waals surface area contributed by atoms with Crippen LogP contribution in [-0.2, 0) is 4.79 Å². The lowest BCUT2D eigenvalue weighted by molar-refractivity contribution is -0.122. The Hall–Kier alpha value is -0.830. The predicted octanol–water partition coefficient (Wildman–Crippen LogP) is 4.21. The van der Waals surface area contributed by atoms with Crippen LogP contribution in [0, 0.1) is 0 Å². The van der Waals surface area contributed by atoms with Crippen LogP contribution in [0.4, 0.5) is 0 Å². The summed E-state index contributed by atoms with van der Waals surface area (Å²) >= 11 is 3.38. The minimum Gasteiger partial charge on any atom is -0.349 e. The van der Waals surface area contributed by atoms with Crippen molar-refractivity contribution in [2.24, 2.45) is 0 Å². The van der Waals surface area contributed by atoms with E-state index in [4.69, 9.17) is 0 Å². The highest BCUT2D eigenvalue weighted by molar-refractivity contribution is 9.09. The van der Waals surface area contributed by atoms with Gasteiger partial charge in [-0.2, -0.15) is 0 Å². The number of carbonyl (C=O) groups is 1. The van der Waals surface area contributed by atoms with Gasteiger partial charge in [0.05, 0.1) is 6.04 Å². The summed E-state index contributed by atoms with van der Waals surface area (Å²) in [6.45, 7) is 2.15. The Morgan fingerprint density at radius 2 is 2.00 bits per heavy atom. The fraction of sp³-hybridized carbons (Fsp3) is 0.533. The molecule has 0 radical (unpaired) electrons. The molecule has 0 aliphatic rings. The Kier molecular flexibility index (Phi) is 7.74. The third-order valence-electron chi connectivity index (χ3n) is 2.90. The van der Waals surface area contributed by atoms with Crippen LogP contribution < -0.4 is 5.32 Å². The largest absolute Gasteiger partial charge is 0.349 e. The Labute approximate surface area is 118 Å². The van der Waals surface area contributed by atoms with Crippen LogP contribution in [0.5, 0.6) is 0 Å². The number of carbonyl (C=O) groups excluding carboxylic acids is 1. The second-order valence-electron chi connectivity index (χ2n) is 4.47. The summed E-state index contributed by atoms with van der Waals surface area (Å²) < 4.78 is 0. The minimum absolute atomic E-state index is 0.160. The van der Waals surface area contributed by atoms with Crippen molar-refractivity contribution in [1.82, 2.24) is 5.32 Å². The van der Waals surface area contributed by atoms with Gasteiger partial charge in [-0.3, -0.25) is 4.79 Å². The van der Waals surface area contributed by atoms with E-state index >= 15 is 0 Å². The topological polar surface area (TPSA) is 29.1 Å². The first kappa shape index (κ1) is 15.2. The Bertz CT molecular complexity index is 340. The molecule has 1 rings (SSSR count). The van der Waals surface area contributed by atoms with Gasteiger partial charge in [-0.1, -0.05) is 59.6 Å². The second-order valence-corrected chi connectivity index (χ2v) is 5.26. The van der Waals surface area contributed by atoms with Crippen LogP contribution >= 0.6 is 15.9 Å². The fourth-order valence-electron chi connectivity index (χ4n) is 1.94. The minimum atomic E-state index is 0.160. The van der Waals surface area contributed by atoms with E-state index in [0.717, 1.165) is 31.0 Å². The maximum Gasteiger partial charge on any atom is 0.220 e. The molecule has 0 saturated heterocycles. The molecule has 0 spiro atoms. The van der Waals surface area contributed by atoms with Crippen molar-refractivity contribution in [3.05, 3.63) is 35.9 Å². The first-order valence-corrected chi connectivity index (χ1v) is 7.80. The van der Waals surface area contributed by atoms with Gasteiger partial charge < -0.3 is 5.32 Å². The lowest BCUT2D eigenvalue weighted by atomic mass is 10.0. The van der Waals surface area contributed by atoms with Crippen molar-refractivity contribution < 1.29 is 4.79 Å². The summed E-state index contributed by atoms with van der Waals surface area (Å²) in [6, 6.07) is 10.4. The van der Waals surface area contributed by atoms with E-state index in [0.29, 0.717) is 6.42 Å². The first-order valence-electron chi connectivity index (χ1n) is 6.68. The molecule has 1 aromatic carbocycles. The number of alkyl halides is 1. The van der Waals surface area contributed by atoms with Gasteiger partial charge in [-0.25, -0.2) is 0 Å². The maximum absolute atomic E-state index is 11.9. The molecule has 1 atom stereocenters. The van der Waals surface area contributed by atoms with Gasteiger partial charge in [-0.15, -0.1) is 0 Å². The van der Waals surface area contributed by atoms with Crippen molar-refractivity contribution in [3.63, 3.8) is 0 Å². The van der Waals surface area contributed by atoms with Gasteiger partial charge in [0.1, 0.15) is 0 Å². The molecule has 1 unspecified atom stereocenters. The number of hydrogen-bond acceptors (Lipinski definition) is 1. The highest BCUT2D eigenvalue weighted by atomic mass is 79.9. The van der Waals surface area contributed by atoms with Crippen LogP contribution in [0.25, 0.3) is 0 Å². The van der Waals surface area contributed by atoms with Gasteiger partial charge >= 0.3 is 0 Å². The molecule has 0 saturated carbocycles. The summed E-state index contributed by atoms with van der Waals surface area (Å²) in [6.07, 6.45) is 4.69. The van der Waals surface area contributed by atoms with Crippen molar-refractivity contribution >= 4 is 21.8 Å². The molecule has 0 aliphatic heterocycles. The number of amides is 1. The van der Waals surface area contributed by atoms with E-state index in [2.05, 4.69) is 40.3 Å². The quantitative estimate of drug-likeness (QED) is 0.565. The predicted molar refractivity (Wildman–Crippen MR) is 79.9 cm³/mol. The van der Waals surface area contributed by atoms with Crippen LogP contribution in [0.1, 0.15) is 50.6 Å². The van der Waals surface area contributed by atoms with E-state index in [-0.39, 0.29) is 11.9 Å². The van der Waals surface area contributed by atoms with Gasteiger partial charge in [0, 0.05) is 11.8 Å². The molecule has 0 aliphatic carbocycles. The maximum atomic E-state index is 11.9. The van der Waals surface area contributed by atoms with Crippen LogP contribution in [-0.4, -0.2) is 11.2 Å². The lowest BCUT2D eigenvalue weighted by Crippen LogP contribution is -2.28. The molecule has 1 N–H and O–H groups in total. The van der Waals surface area contributed by atoms with Crippen LogP contribution in [0.2, 0.25) is 0 Å². The number of halogens is 1. The SMILES string of the molecule is CCCC(NC(=O)CCCCBr)c1ccccc1. The summed E-state index contributed by atoms with van der Waals surface area (Å²) in [7, 11) is 0. The lowest BCUT2D eigenvalue weighted by Gasteiger charge is -2.18. The zero-order chi connectivity index (χ0) is 13.2. The number of nitrogens with one attached hydrogen (secondary N) is 1. The average molecular weight is 312 g/mol. The molecule has 2 nitrogen and oxygen atoms in total. The van der Waals surface area contributed by atoms with E-state index < -0.39 is 0 Å². The Balaban J connectivity index is 2.50. The average Bonchev–Trinajstić information content (AvgIpc) is 2.39. The van der Waals surface area contributed by atoms with Crippen LogP contribution in [0.15, 0.2) is 30.3 Å². The molecule has 0 bridgehead atoms. The number of hydrogen-bond donors (Lipinski definition) is 1. The van der Waals surface area contributed by atoms with E-state index in [1.54, 1.807) is 0 Å². The summed E-state index contributed by atoms with van der Waals surface area (Å²) in [5, 5.41) is 4.11. The monoisotopic (exact) mass is 311 g/mol. The van der Waals surface area contributed by atoms with Gasteiger partial charge in [0.2, 0.25) is 5.91 Å². The van der Waals surface area contributed by atoms with E-state index in [1.807, 2.05) is 18.2 Å². The summed E-state index contributed by atoms with van der Waals surface area (Å²) in [4.78, 5) is 11.9. The van der Waals surface area contributed by atoms with Crippen molar-refractivity contribution in [1.29, 1.82) is 0 Å². The van der Waals surface area contributed by atoms with E-state index in [9.17, 15) is 4.79 Å². The molecule has 0 fully saturated rings. The normalized spacial score (nSPS) is 12.1. The Morgan fingerprint density at radius 3 is 2.61 bits per heavy atom. The zero-order valence-electron chi connectivity index (χ0n) is 11.0. The second kappa shape index (κ2) is 9.15. The van der Waals surface area contributed by atoms with Gasteiger partial charge in [-0.05, 0) is 24.8 Å². The number of rotatable bonds is 8. The molecule has 0 heterocycles. The zero-order valence-corrected chi connectivity index (χ0v) is 12.6. The van der Waals surface area contributed by atoms with Gasteiger partial charge in [0.15, 0.2) is 0 Å². The molecule has 3 heteroatoms. The number of unbranched alkanes of at least 4 members (excludes halogenated alkanes) is 1. The van der Waals surface area contributed by atoms with Crippen molar-refractivity contribution in [2.45, 2.75) is 45.1 Å². The third-order valence-corrected chi connectivity index (χ3v) is 3.46. The smallest absolute Gasteiger partial charge is 0.220 e. The molecular formula is C15H22BrNO. The fourth-order valence-corrected chi connectivity index (χ4v) is 2.34. The molecule has 0 aromatic heterocycles. The van der Waals surface area contributed by atoms with Gasteiger partial charge in [0.25, 0.3) is 0 Å². The molecular weight excluding hydrogens is 290 g/mol. The first-order chi connectivity index (χ1) is 8.77. The Morgan fingerprint density at radius 1 is 1.28 bits per heavy atom. The standard InChI is InChI=1S/C15H22BrNO/c1-2-8-14(13-9-4-3-5-10-13)17-15(18)11-6-7-12-16/h3-5,9-10,14H,2,6-8,11-12H2,1H3,(H,17,18). The van der Waals surface area contributed by atoms with E-state index in [1.165, 1.54) is 5.56 Å². The summed E-state index contributed by atoms with van der Waals surface area (Å²) in [5.41, 5.74) is 1.20. The van der Waals surface area contributed by atoms with Crippen LogP contribution in [0.3, 0.4) is 0 Å². The molecule has 1 amide bonds. The highest BCUT2D eigenvalue weighted by Crippen LogP contribution is 2.18. The highest BCUT2D eigenvalue weighted by Gasteiger charge is 2.12. The third kappa shape index (κ3) is 5.67. The molecule has 1 aromatic rings. The number of benzene rings is 1. The van der Waals surface area contributed by atoms with Crippen molar-refractivity contribution in [3.8, 4) is 0 Å². The summed E-state index contributed by atoms with van der Waals surface area (Å²) in [5.74, 6) is 0.165. The molecule has 100 valence electrons. The molecule has 18 heavy (non-hydrogen) atoms.